The molecule has 0 aliphatic carbocycles. The smallest absolute Gasteiger partial charge is 0.0919 e. The van der Waals surface area contributed by atoms with Gasteiger partial charge in [-0.2, -0.15) is 11.8 Å². The highest BCUT2D eigenvalue weighted by Gasteiger charge is 2.18. The molecule has 0 aromatic carbocycles. The van der Waals surface area contributed by atoms with Crippen molar-refractivity contribution in [1.82, 2.24) is 0 Å². The average Bonchev–Trinajstić information content (AvgIpc) is 1.81. The van der Waals surface area contributed by atoms with Crippen LogP contribution in [0.25, 0.3) is 0 Å². The third kappa shape index (κ3) is 6.23. The zero-order valence-corrected chi connectivity index (χ0v) is 8.42. The number of hydrogen-bond donors (Lipinski definition) is 2. The van der Waals surface area contributed by atoms with E-state index in [9.17, 15) is 0 Å². The van der Waals surface area contributed by atoms with Gasteiger partial charge in [0.2, 0.25) is 0 Å². The number of nitrogens with two attached hydrogens (primary N) is 1. The van der Waals surface area contributed by atoms with Crippen LogP contribution in [0.1, 0.15) is 33.6 Å². The molecule has 0 radical (unpaired) electrons. The lowest BCUT2D eigenvalue weighted by molar-refractivity contribution is 0.740. The molecule has 0 bridgehead atoms. The van der Waals surface area contributed by atoms with E-state index < -0.39 is 0 Å². The summed E-state index contributed by atoms with van der Waals surface area (Å²) in [5.41, 5.74) is 5.32. The second-order valence-corrected chi connectivity index (χ2v) is 5.11. The Morgan fingerprint density at radius 3 is 2.45 bits per heavy atom. The quantitative estimate of drug-likeness (QED) is 0.496. The van der Waals surface area contributed by atoms with E-state index in [-0.39, 0.29) is 4.75 Å². The van der Waals surface area contributed by atoms with Crippen LogP contribution in [0.3, 0.4) is 0 Å². The molecule has 3 heteroatoms. The maximum Gasteiger partial charge on any atom is 0.0919 e. The molecule has 0 aliphatic heterocycles. The average molecular weight is 174 g/mol. The van der Waals surface area contributed by atoms with Crippen LogP contribution in [0, 0.1) is 5.41 Å². The van der Waals surface area contributed by atoms with E-state index in [1.807, 2.05) is 11.8 Å². The van der Waals surface area contributed by atoms with E-state index in [4.69, 9.17) is 11.1 Å². The second-order valence-electron chi connectivity index (χ2n) is 3.31. The third-order valence-corrected chi connectivity index (χ3v) is 2.85. The molecule has 66 valence electrons. The fourth-order valence-corrected chi connectivity index (χ4v) is 1.90. The molecule has 0 atom stereocenters. The summed E-state index contributed by atoms with van der Waals surface area (Å²) in [6.07, 6.45) is 1.88. The van der Waals surface area contributed by atoms with Crippen LogP contribution in [-0.2, 0) is 0 Å². The molecule has 0 saturated heterocycles. The van der Waals surface area contributed by atoms with Crippen LogP contribution < -0.4 is 5.73 Å². The van der Waals surface area contributed by atoms with Gasteiger partial charge in [-0.1, -0.05) is 20.8 Å². The Morgan fingerprint density at radius 2 is 2.09 bits per heavy atom. The normalized spacial score (nSPS) is 11.5. The molecule has 0 spiro atoms. The van der Waals surface area contributed by atoms with Crippen LogP contribution in [0.15, 0.2) is 0 Å². The Bertz CT molecular complexity index is 132. The summed E-state index contributed by atoms with van der Waals surface area (Å²) in [5, 5.41) is 7.15. The molecule has 3 N–H and O–H groups in total. The van der Waals surface area contributed by atoms with Gasteiger partial charge in [0.15, 0.2) is 0 Å². The van der Waals surface area contributed by atoms with Gasteiger partial charge in [0.05, 0.1) is 5.84 Å². The molecule has 0 saturated carbocycles. The number of nitrogens with one attached hydrogen (secondary N) is 1. The molecule has 0 rings (SSSR count). The van der Waals surface area contributed by atoms with Crippen molar-refractivity contribution in [2.75, 3.05) is 5.75 Å². The van der Waals surface area contributed by atoms with E-state index in [0.29, 0.717) is 12.3 Å². The Balaban J connectivity index is 3.70. The predicted octanol–water partition coefficient (Wildman–Crippen LogP) is 2.23. The predicted molar refractivity (Wildman–Crippen MR) is 53.4 cm³/mol. The number of amidine groups is 1. The van der Waals surface area contributed by atoms with Crippen molar-refractivity contribution in [2.24, 2.45) is 5.73 Å². The summed E-state index contributed by atoms with van der Waals surface area (Å²) in [5.74, 6) is 1.44. The van der Waals surface area contributed by atoms with Gasteiger partial charge in [0.25, 0.3) is 0 Å². The zero-order chi connectivity index (χ0) is 8.91. The van der Waals surface area contributed by atoms with Crippen molar-refractivity contribution >= 4 is 17.6 Å². The lowest BCUT2D eigenvalue weighted by Crippen LogP contribution is -2.24. The van der Waals surface area contributed by atoms with E-state index in [1.165, 1.54) is 6.42 Å². The van der Waals surface area contributed by atoms with E-state index >= 15 is 0 Å². The van der Waals surface area contributed by atoms with Crippen LogP contribution >= 0.6 is 11.8 Å². The van der Waals surface area contributed by atoms with Gasteiger partial charge < -0.3 is 5.73 Å². The number of hydrogen-bond acceptors (Lipinski definition) is 2. The van der Waals surface area contributed by atoms with Crippen LogP contribution in [-0.4, -0.2) is 16.3 Å². The Hall–Kier alpha value is -0.180. The first-order chi connectivity index (χ1) is 4.98. The van der Waals surface area contributed by atoms with E-state index in [1.54, 1.807) is 0 Å². The molecule has 11 heavy (non-hydrogen) atoms. The van der Waals surface area contributed by atoms with E-state index in [0.717, 1.165) is 5.75 Å². The van der Waals surface area contributed by atoms with Crippen LogP contribution in [0.4, 0.5) is 0 Å². The van der Waals surface area contributed by atoms with Gasteiger partial charge in [-0.3, -0.25) is 5.41 Å². The Labute approximate surface area is 73.4 Å². The Kier molecular flexibility index (Phi) is 4.57. The van der Waals surface area contributed by atoms with Crippen molar-refractivity contribution < 1.29 is 0 Å². The molecular weight excluding hydrogens is 156 g/mol. The lowest BCUT2D eigenvalue weighted by atomic mass is 10.1. The maximum absolute atomic E-state index is 7.15. The monoisotopic (exact) mass is 174 g/mol. The first-order valence-corrected chi connectivity index (χ1v) is 4.93. The fraction of sp³-hybridized carbons (Fsp3) is 0.875. The molecule has 0 unspecified atom stereocenters. The minimum atomic E-state index is 0.141. The maximum atomic E-state index is 7.15. The van der Waals surface area contributed by atoms with Crippen molar-refractivity contribution in [3.8, 4) is 0 Å². The standard InChI is InChI=1S/C8H18N2S/c1-4-5-11-8(2,3)6-7(9)10/h4-6H2,1-3H3,(H3,9,10). The summed E-state index contributed by atoms with van der Waals surface area (Å²) in [6, 6.07) is 0. The first kappa shape index (κ1) is 10.8. The van der Waals surface area contributed by atoms with Crippen LogP contribution in [0.5, 0.6) is 0 Å². The SMILES string of the molecule is CCCSC(C)(C)CC(=N)N. The Morgan fingerprint density at radius 1 is 1.55 bits per heavy atom. The number of thioether (sulfide) groups is 1. The molecule has 2 nitrogen and oxygen atoms in total. The number of rotatable bonds is 5. The highest BCUT2D eigenvalue weighted by atomic mass is 32.2. The van der Waals surface area contributed by atoms with Gasteiger partial charge in [0, 0.05) is 11.2 Å². The minimum Gasteiger partial charge on any atom is -0.388 e. The molecule has 0 heterocycles. The van der Waals surface area contributed by atoms with Crippen molar-refractivity contribution in [2.45, 2.75) is 38.4 Å². The molecule has 0 aromatic heterocycles. The van der Waals surface area contributed by atoms with Crippen molar-refractivity contribution in [1.29, 1.82) is 5.41 Å². The third-order valence-electron chi connectivity index (χ3n) is 1.31. The zero-order valence-electron chi connectivity index (χ0n) is 7.61. The molecule has 0 aromatic rings. The van der Waals surface area contributed by atoms with Gasteiger partial charge in [0.1, 0.15) is 0 Å². The summed E-state index contributed by atoms with van der Waals surface area (Å²) < 4.78 is 0.141. The summed E-state index contributed by atoms with van der Waals surface area (Å²) in [6.45, 7) is 6.43. The first-order valence-electron chi connectivity index (χ1n) is 3.95. The highest BCUT2D eigenvalue weighted by molar-refractivity contribution is 8.00. The minimum absolute atomic E-state index is 0.141. The molecule has 0 aliphatic rings. The summed E-state index contributed by atoms with van der Waals surface area (Å²) in [4.78, 5) is 0. The molecule has 0 amide bonds. The van der Waals surface area contributed by atoms with Gasteiger partial charge in [-0.05, 0) is 12.2 Å². The lowest BCUT2D eigenvalue weighted by Gasteiger charge is -2.22. The van der Waals surface area contributed by atoms with Crippen molar-refractivity contribution in [3.05, 3.63) is 0 Å². The molecular formula is C8H18N2S. The second kappa shape index (κ2) is 4.65. The topological polar surface area (TPSA) is 49.9 Å². The summed E-state index contributed by atoms with van der Waals surface area (Å²) >= 11 is 1.89. The van der Waals surface area contributed by atoms with E-state index in [2.05, 4.69) is 20.8 Å². The van der Waals surface area contributed by atoms with Crippen molar-refractivity contribution in [3.63, 3.8) is 0 Å². The summed E-state index contributed by atoms with van der Waals surface area (Å²) in [7, 11) is 0. The highest BCUT2D eigenvalue weighted by Crippen LogP contribution is 2.27. The van der Waals surface area contributed by atoms with Crippen LogP contribution in [0.2, 0.25) is 0 Å². The van der Waals surface area contributed by atoms with Gasteiger partial charge in [-0.15, -0.1) is 0 Å². The van der Waals surface area contributed by atoms with Gasteiger partial charge >= 0.3 is 0 Å². The largest absolute Gasteiger partial charge is 0.388 e. The fourth-order valence-electron chi connectivity index (χ4n) is 0.888. The van der Waals surface area contributed by atoms with Gasteiger partial charge in [-0.25, -0.2) is 0 Å². The molecule has 0 fully saturated rings.